The van der Waals surface area contributed by atoms with E-state index >= 15 is 0 Å². The smallest absolute Gasteiger partial charge is 0.315 e. The maximum atomic E-state index is 13.6. The molecule has 3 atom stereocenters. The molecule has 3 aliphatic rings. The van der Waals surface area contributed by atoms with E-state index in [9.17, 15) is 9.59 Å². The van der Waals surface area contributed by atoms with E-state index in [1.165, 1.54) is 6.42 Å². The van der Waals surface area contributed by atoms with Crippen molar-refractivity contribution >= 4 is 29.1 Å². The summed E-state index contributed by atoms with van der Waals surface area (Å²) in [5, 5.41) is 0.625. The second-order valence-corrected chi connectivity index (χ2v) is 10.2. The predicted molar refractivity (Wildman–Crippen MR) is 134 cm³/mol. The summed E-state index contributed by atoms with van der Waals surface area (Å²) in [7, 11) is 0. The van der Waals surface area contributed by atoms with Gasteiger partial charge in [0, 0.05) is 34.3 Å². The van der Waals surface area contributed by atoms with Crippen LogP contribution in [-0.4, -0.2) is 23.6 Å². The van der Waals surface area contributed by atoms with Crippen LogP contribution in [0.1, 0.15) is 74.8 Å². The number of nitrogens with zero attached hydrogens (tertiary/aromatic N) is 1. The number of halogens is 1. The Labute approximate surface area is 206 Å². The molecule has 0 radical (unpaired) electrons. The van der Waals surface area contributed by atoms with E-state index in [2.05, 4.69) is 12.1 Å². The van der Waals surface area contributed by atoms with Crippen LogP contribution in [0.5, 0.6) is 0 Å². The first-order chi connectivity index (χ1) is 16.5. The molecule has 2 aromatic rings. The van der Waals surface area contributed by atoms with Crippen molar-refractivity contribution < 1.29 is 14.3 Å². The van der Waals surface area contributed by atoms with Crippen molar-refractivity contribution in [3.8, 4) is 0 Å². The topological polar surface area (TPSA) is 55.7 Å². The van der Waals surface area contributed by atoms with Crippen LogP contribution in [0.3, 0.4) is 0 Å². The summed E-state index contributed by atoms with van der Waals surface area (Å²) in [6, 6.07) is 17.6. The second kappa shape index (κ2) is 9.87. The first kappa shape index (κ1) is 23.0. The van der Waals surface area contributed by atoms with Crippen molar-refractivity contribution in [3.05, 3.63) is 82.0 Å². The molecular weight excluding hydrogens is 446 g/mol. The molecule has 5 heteroatoms. The summed E-state index contributed by atoms with van der Waals surface area (Å²) in [5.41, 5.74) is 4.26. The van der Waals surface area contributed by atoms with Gasteiger partial charge in [-0.3, -0.25) is 14.6 Å². The molecule has 0 amide bonds. The van der Waals surface area contributed by atoms with E-state index in [0.29, 0.717) is 23.4 Å². The highest BCUT2D eigenvalue weighted by atomic mass is 35.5. The monoisotopic (exact) mass is 475 g/mol. The van der Waals surface area contributed by atoms with Crippen molar-refractivity contribution in [2.45, 2.75) is 69.8 Å². The van der Waals surface area contributed by atoms with Crippen molar-refractivity contribution in [1.29, 1.82) is 0 Å². The third kappa shape index (κ3) is 4.61. The summed E-state index contributed by atoms with van der Waals surface area (Å²) in [6.07, 6.45) is 6.26. The molecule has 3 unspecified atom stereocenters. The molecule has 1 aliphatic heterocycles. The van der Waals surface area contributed by atoms with Gasteiger partial charge in [-0.15, -0.1) is 0 Å². The first-order valence-electron chi connectivity index (χ1n) is 12.3. The Hall–Kier alpha value is -2.72. The number of aliphatic imine (C=N–C) groups is 1. The lowest BCUT2D eigenvalue weighted by Crippen LogP contribution is -2.39. The zero-order chi connectivity index (χ0) is 23.7. The Bertz CT molecular complexity index is 1130. The van der Waals surface area contributed by atoms with E-state index in [-0.39, 0.29) is 23.8 Å². The molecule has 0 bridgehead atoms. The number of rotatable bonds is 4. The maximum Gasteiger partial charge on any atom is 0.315 e. The van der Waals surface area contributed by atoms with Gasteiger partial charge in [0.2, 0.25) is 0 Å². The van der Waals surface area contributed by atoms with E-state index in [1.54, 1.807) is 0 Å². The molecule has 1 fully saturated rings. The lowest BCUT2D eigenvalue weighted by Gasteiger charge is -2.37. The Balaban J connectivity index is 1.52. The molecular formula is C29H30ClNO3. The third-order valence-corrected chi connectivity index (χ3v) is 7.73. The van der Waals surface area contributed by atoms with Gasteiger partial charge >= 0.3 is 5.97 Å². The number of hydrogen-bond donors (Lipinski definition) is 0. The van der Waals surface area contributed by atoms with Crippen LogP contribution in [0, 0.1) is 5.92 Å². The number of benzene rings is 2. The van der Waals surface area contributed by atoms with Gasteiger partial charge in [0.25, 0.3) is 0 Å². The third-order valence-electron chi connectivity index (χ3n) is 7.48. The fraction of sp³-hybridized carbons (Fsp3) is 0.414. The summed E-state index contributed by atoms with van der Waals surface area (Å²) < 4.78 is 6.00. The van der Waals surface area contributed by atoms with Gasteiger partial charge in [0.1, 0.15) is 12.0 Å². The van der Waals surface area contributed by atoms with Crippen LogP contribution in [-0.2, 0) is 14.3 Å². The van der Waals surface area contributed by atoms with Crippen molar-refractivity contribution in [1.82, 2.24) is 0 Å². The average molecular weight is 476 g/mol. The fourth-order valence-corrected chi connectivity index (χ4v) is 5.90. The molecule has 2 aromatic carbocycles. The molecule has 34 heavy (non-hydrogen) atoms. The van der Waals surface area contributed by atoms with Gasteiger partial charge in [-0.1, -0.05) is 60.5 Å². The summed E-state index contributed by atoms with van der Waals surface area (Å²) >= 11 is 6.17. The molecule has 1 heterocycles. The summed E-state index contributed by atoms with van der Waals surface area (Å²) in [6.45, 7) is 1.90. The van der Waals surface area contributed by atoms with Gasteiger partial charge in [-0.05, 0) is 68.2 Å². The van der Waals surface area contributed by atoms with Crippen LogP contribution in [0.2, 0.25) is 5.02 Å². The zero-order valence-electron chi connectivity index (χ0n) is 19.5. The SMILES string of the molecule is CC1=NC2=C(C(=O)CC(c3ccccc3)C2)C(c2ccc(Cl)cc2)C1C(=O)OC1CCCCC1. The van der Waals surface area contributed by atoms with Crippen LogP contribution in [0.4, 0.5) is 0 Å². The predicted octanol–water partition coefficient (Wildman–Crippen LogP) is 6.79. The maximum absolute atomic E-state index is 13.6. The fourth-order valence-electron chi connectivity index (χ4n) is 5.78. The zero-order valence-corrected chi connectivity index (χ0v) is 20.3. The Morgan fingerprint density at radius 1 is 0.941 bits per heavy atom. The standard InChI is InChI=1S/C29H30ClNO3/c1-18-26(29(33)34-23-10-6-3-7-11-23)27(20-12-14-22(30)15-13-20)28-24(31-18)16-21(17-25(28)32)19-8-4-2-5-9-19/h2,4-5,8-9,12-15,21,23,26-27H,3,6-7,10-11,16-17H2,1H3. The molecule has 1 saturated carbocycles. The highest BCUT2D eigenvalue weighted by molar-refractivity contribution is 6.30. The van der Waals surface area contributed by atoms with Crippen molar-refractivity contribution in [2.75, 3.05) is 0 Å². The summed E-state index contributed by atoms with van der Waals surface area (Å²) in [4.78, 5) is 32.0. The molecule has 0 aromatic heterocycles. The molecule has 5 rings (SSSR count). The molecule has 4 nitrogen and oxygen atoms in total. The minimum atomic E-state index is -0.598. The van der Waals surface area contributed by atoms with Crippen LogP contribution >= 0.6 is 11.6 Å². The van der Waals surface area contributed by atoms with Gasteiger partial charge in [-0.2, -0.15) is 0 Å². The number of ether oxygens (including phenoxy) is 1. The number of allylic oxidation sites excluding steroid dienone is 2. The number of carbonyl (C=O) groups excluding carboxylic acids is 2. The van der Waals surface area contributed by atoms with Crippen LogP contribution in [0.15, 0.2) is 70.9 Å². The van der Waals surface area contributed by atoms with Gasteiger partial charge in [-0.25, -0.2) is 0 Å². The number of Topliss-reactive ketones (excluding diaryl/α,β-unsaturated/α-hetero) is 1. The van der Waals surface area contributed by atoms with Crippen molar-refractivity contribution in [2.24, 2.45) is 10.9 Å². The van der Waals surface area contributed by atoms with Gasteiger partial charge < -0.3 is 4.74 Å². The van der Waals surface area contributed by atoms with Crippen LogP contribution < -0.4 is 0 Å². The van der Waals surface area contributed by atoms with Gasteiger partial charge in [0.05, 0.1) is 0 Å². The number of carbonyl (C=O) groups is 2. The largest absolute Gasteiger partial charge is 0.462 e. The van der Waals surface area contributed by atoms with Gasteiger partial charge in [0.15, 0.2) is 5.78 Å². The van der Waals surface area contributed by atoms with E-state index in [4.69, 9.17) is 21.3 Å². The molecule has 176 valence electrons. The highest BCUT2D eigenvalue weighted by Gasteiger charge is 2.45. The van der Waals surface area contributed by atoms with E-state index in [0.717, 1.165) is 48.2 Å². The molecule has 2 aliphatic carbocycles. The van der Waals surface area contributed by atoms with E-state index < -0.39 is 11.8 Å². The van der Waals surface area contributed by atoms with Crippen molar-refractivity contribution in [3.63, 3.8) is 0 Å². The second-order valence-electron chi connectivity index (χ2n) is 9.76. The van der Waals surface area contributed by atoms with E-state index in [1.807, 2.05) is 49.4 Å². The quantitative estimate of drug-likeness (QED) is 0.457. The lowest BCUT2D eigenvalue weighted by atomic mass is 9.69. The number of ketones is 1. The van der Waals surface area contributed by atoms with Crippen LogP contribution in [0.25, 0.3) is 0 Å². The summed E-state index contributed by atoms with van der Waals surface area (Å²) in [5.74, 6) is -1.09. The minimum absolute atomic E-state index is 0.0418. The highest BCUT2D eigenvalue weighted by Crippen LogP contribution is 2.47. The lowest BCUT2D eigenvalue weighted by molar-refractivity contribution is -0.153. The Morgan fingerprint density at radius 3 is 2.35 bits per heavy atom. The first-order valence-corrected chi connectivity index (χ1v) is 12.7. The number of esters is 1. The number of hydrogen-bond acceptors (Lipinski definition) is 4. The normalized spacial score (nSPS) is 25.5. The molecule has 0 N–H and O–H groups in total. The molecule has 0 spiro atoms. The Morgan fingerprint density at radius 2 is 1.65 bits per heavy atom. The minimum Gasteiger partial charge on any atom is -0.462 e. The Kier molecular flexibility index (Phi) is 6.69. The average Bonchev–Trinajstić information content (AvgIpc) is 2.84. The molecule has 0 saturated heterocycles.